The van der Waals surface area contributed by atoms with E-state index in [0.717, 1.165) is 24.9 Å². The number of ether oxygens (including phenoxy) is 1. The normalized spacial score (nSPS) is 10.5. The fraction of sp³-hybridized carbons (Fsp3) is 0.250. The fourth-order valence-electron chi connectivity index (χ4n) is 2.93. The Morgan fingerprint density at radius 3 is 2.75 bits per heavy atom. The first-order valence-electron chi connectivity index (χ1n) is 9.70. The number of aryl methyl sites for hydroxylation is 1. The minimum Gasteiger partial charge on any atom is -0.489 e. The van der Waals surface area contributed by atoms with E-state index in [9.17, 15) is 4.79 Å². The molecule has 0 bridgehead atoms. The molecule has 1 heterocycles. The minimum atomic E-state index is -0.0616. The zero-order chi connectivity index (χ0) is 19.8. The summed E-state index contributed by atoms with van der Waals surface area (Å²) in [4.78, 5) is 17.4. The molecule has 28 heavy (non-hydrogen) atoms. The molecular weight excluding hydrogens is 348 g/mol. The Labute approximate surface area is 166 Å². The van der Waals surface area contributed by atoms with Gasteiger partial charge in [0.25, 0.3) is 0 Å². The summed E-state index contributed by atoms with van der Waals surface area (Å²) in [6.45, 7) is 5.47. The first kappa shape index (κ1) is 19.6. The van der Waals surface area contributed by atoms with E-state index in [1.165, 1.54) is 5.56 Å². The van der Waals surface area contributed by atoms with Crippen LogP contribution in [-0.4, -0.2) is 17.3 Å². The smallest absolute Gasteiger partial charge is 0.196 e. The van der Waals surface area contributed by atoms with E-state index in [0.29, 0.717) is 29.3 Å². The first-order valence-corrected chi connectivity index (χ1v) is 9.70. The van der Waals surface area contributed by atoms with Gasteiger partial charge in [-0.25, -0.2) is 4.98 Å². The quantitative estimate of drug-likeness (QED) is 0.402. The summed E-state index contributed by atoms with van der Waals surface area (Å²) < 4.78 is 5.93. The van der Waals surface area contributed by atoms with Crippen molar-refractivity contribution in [3.05, 3.63) is 89.1 Å². The van der Waals surface area contributed by atoms with Gasteiger partial charge in [0.05, 0.1) is 5.56 Å². The van der Waals surface area contributed by atoms with E-state index in [1.54, 1.807) is 18.3 Å². The Balaban J connectivity index is 1.75. The molecule has 2 aromatic carbocycles. The molecule has 3 rings (SSSR count). The van der Waals surface area contributed by atoms with E-state index in [1.807, 2.05) is 42.5 Å². The van der Waals surface area contributed by atoms with Crippen molar-refractivity contribution in [1.29, 1.82) is 0 Å². The van der Waals surface area contributed by atoms with Crippen LogP contribution in [0.4, 0.5) is 5.82 Å². The molecule has 0 aliphatic heterocycles. The number of ketones is 1. The third-order valence-corrected chi connectivity index (χ3v) is 4.63. The van der Waals surface area contributed by atoms with E-state index >= 15 is 0 Å². The summed E-state index contributed by atoms with van der Waals surface area (Å²) in [7, 11) is 0. The molecule has 0 aliphatic carbocycles. The molecule has 0 fully saturated rings. The highest BCUT2D eigenvalue weighted by Crippen LogP contribution is 2.21. The zero-order valence-corrected chi connectivity index (χ0v) is 16.4. The third-order valence-electron chi connectivity index (χ3n) is 4.63. The molecule has 4 heteroatoms. The predicted molar refractivity (Wildman–Crippen MR) is 113 cm³/mol. The lowest BCUT2D eigenvalue weighted by atomic mass is 10.0. The number of anilines is 1. The highest BCUT2D eigenvalue weighted by Gasteiger charge is 2.15. The van der Waals surface area contributed by atoms with Crippen LogP contribution in [0.15, 0.2) is 66.9 Å². The van der Waals surface area contributed by atoms with Crippen molar-refractivity contribution in [3.8, 4) is 5.75 Å². The maximum Gasteiger partial charge on any atom is 0.196 e. The second-order valence-electron chi connectivity index (χ2n) is 6.75. The molecule has 1 aromatic heterocycles. The Kier molecular flexibility index (Phi) is 6.79. The molecule has 0 aliphatic rings. The van der Waals surface area contributed by atoms with Crippen LogP contribution in [0.5, 0.6) is 5.75 Å². The summed E-state index contributed by atoms with van der Waals surface area (Å²) in [6.07, 6.45) is 3.82. The second-order valence-corrected chi connectivity index (χ2v) is 6.75. The highest BCUT2D eigenvalue weighted by atomic mass is 16.5. The average molecular weight is 374 g/mol. The molecule has 1 N–H and O–H groups in total. The number of benzene rings is 2. The summed E-state index contributed by atoms with van der Waals surface area (Å²) in [5, 5.41) is 3.27. The SMILES string of the molecule is CCCCNc1ncccc1C(=O)c1cccc(OCc2ccccc2C)c1. The van der Waals surface area contributed by atoms with Gasteiger partial charge < -0.3 is 10.1 Å². The summed E-state index contributed by atoms with van der Waals surface area (Å²) in [5.41, 5.74) is 3.49. The van der Waals surface area contributed by atoms with Crippen LogP contribution >= 0.6 is 0 Å². The van der Waals surface area contributed by atoms with Gasteiger partial charge in [-0.1, -0.05) is 49.7 Å². The van der Waals surface area contributed by atoms with Gasteiger partial charge in [0.1, 0.15) is 18.2 Å². The predicted octanol–water partition coefficient (Wildman–Crippen LogP) is 5.41. The number of nitrogens with zero attached hydrogens (tertiary/aromatic N) is 1. The molecule has 0 saturated heterocycles. The second kappa shape index (κ2) is 9.70. The Hall–Kier alpha value is -3.14. The van der Waals surface area contributed by atoms with Crippen LogP contribution in [0.2, 0.25) is 0 Å². The highest BCUT2D eigenvalue weighted by molar-refractivity contribution is 6.12. The van der Waals surface area contributed by atoms with E-state index in [4.69, 9.17) is 4.74 Å². The van der Waals surface area contributed by atoms with Crippen molar-refractivity contribution in [1.82, 2.24) is 4.98 Å². The summed E-state index contributed by atoms with van der Waals surface area (Å²) in [6, 6.07) is 19.1. The molecule has 0 unspecified atom stereocenters. The van der Waals surface area contributed by atoms with Crippen molar-refractivity contribution in [2.75, 3.05) is 11.9 Å². The number of hydrogen-bond donors (Lipinski definition) is 1. The number of carbonyl (C=O) groups excluding carboxylic acids is 1. The van der Waals surface area contributed by atoms with Crippen molar-refractivity contribution >= 4 is 11.6 Å². The van der Waals surface area contributed by atoms with E-state index < -0.39 is 0 Å². The van der Waals surface area contributed by atoms with Crippen LogP contribution in [0.1, 0.15) is 46.8 Å². The molecule has 3 aromatic rings. The van der Waals surface area contributed by atoms with Crippen molar-refractivity contribution < 1.29 is 9.53 Å². The number of aromatic nitrogens is 1. The van der Waals surface area contributed by atoms with E-state index in [-0.39, 0.29) is 5.78 Å². The lowest BCUT2D eigenvalue weighted by molar-refractivity contribution is 0.103. The van der Waals surface area contributed by atoms with Crippen LogP contribution < -0.4 is 10.1 Å². The Morgan fingerprint density at radius 1 is 1.07 bits per heavy atom. The number of carbonyl (C=O) groups is 1. The van der Waals surface area contributed by atoms with Crippen LogP contribution in [-0.2, 0) is 6.61 Å². The summed E-state index contributed by atoms with van der Waals surface area (Å²) >= 11 is 0. The number of unbranched alkanes of at least 4 members (excludes halogenated alkanes) is 1. The van der Waals surface area contributed by atoms with Gasteiger partial charge in [0, 0.05) is 18.3 Å². The van der Waals surface area contributed by atoms with Gasteiger partial charge in [-0.3, -0.25) is 4.79 Å². The molecule has 0 amide bonds. The Bertz CT molecular complexity index is 937. The van der Waals surface area contributed by atoms with Gasteiger partial charge in [-0.2, -0.15) is 0 Å². The van der Waals surface area contributed by atoms with Gasteiger partial charge in [0.15, 0.2) is 5.78 Å². The lowest BCUT2D eigenvalue weighted by Crippen LogP contribution is -2.10. The molecular formula is C24H26N2O2. The number of pyridine rings is 1. The van der Waals surface area contributed by atoms with E-state index in [2.05, 4.69) is 30.2 Å². The maximum absolute atomic E-state index is 13.0. The number of hydrogen-bond acceptors (Lipinski definition) is 4. The van der Waals surface area contributed by atoms with Crippen LogP contribution in [0.3, 0.4) is 0 Å². The average Bonchev–Trinajstić information content (AvgIpc) is 2.73. The van der Waals surface area contributed by atoms with Crippen molar-refractivity contribution in [3.63, 3.8) is 0 Å². The third kappa shape index (κ3) is 4.97. The number of nitrogens with one attached hydrogen (secondary N) is 1. The topological polar surface area (TPSA) is 51.2 Å². The fourth-order valence-corrected chi connectivity index (χ4v) is 2.93. The molecule has 144 valence electrons. The first-order chi connectivity index (χ1) is 13.7. The largest absolute Gasteiger partial charge is 0.489 e. The summed E-state index contributed by atoms with van der Waals surface area (Å²) in [5.74, 6) is 1.25. The molecule has 4 nitrogen and oxygen atoms in total. The molecule has 0 atom stereocenters. The van der Waals surface area contributed by atoms with Crippen molar-refractivity contribution in [2.45, 2.75) is 33.3 Å². The van der Waals surface area contributed by atoms with Gasteiger partial charge in [0.2, 0.25) is 0 Å². The zero-order valence-electron chi connectivity index (χ0n) is 16.4. The van der Waals surface area contributed by atoms with Gasteiger partial charge >= 0.3 is 0 Å². The monoisotopic (exact) mass is 374 g/mol. The number of rotatable bonds is 9. The standard InChI is InChI=1S/C24H26N2O2/c1-3-4-14-25-24-22(13-8-15-26-24)23(27)19-11-7-12-21(16-19)28-17-20-10-6-5-9-18(20)2/h5-13,15-16H,3-4,14,17H2,1-2H3,(H,25,26). The van der Waals surface area contributed by atoms with Crippen molar-refractivity contribution in [2.24, 2.45) is 0 Å². The molecule has 0 radical (unpaired) electrons. The molecule has 0 saturated carbocycles. The van der Waals surface area contributed by atoms with Gasteiger partial charge in [-0.15, -0.1) is 0 Å². The van der Waals surface area contributed by atoms with Gasteiger partial charge in [-0.05, 0) is 48.7 Å². The maximum atomic E-state index is 13.0. The lowest BCUT2D eigenvalue weighted by Gasteiger charge is -2.12. The Morgan fingerprint density at radius 2 is 1.93 bits per heavy atom. The molecule has 0 spiro atoms. The van der Waals surface area contributed by atoms with Crippen LogP contribution in [0.25, 0.3) is 0 Å². The van der Waals surface area contributed by atoms with Crippen LogP contribution in [0, 0.1) is 6.92 Å². The minimum absolute atomic E-state index is 0.0616.